The quantitative estimate of drug-likeness (QED) is 0.843. The number of amides is 1. The number of nitrogens with zero attached hydrogens (tertiary/aromatic N) is 1. The van der Waals surface area contributed by atoms with Gasteiger partial charge >= 0.3 is 5.97 Å². The first-order valence-electron chi connectivity index (χ1n) is 8.21. The van der Waals surface area contributed by atoms with Gasteiger partial charge < -0.3 is 24.8 Å². The molecular weight excluding hydrogens is 312 g/mol. The SMILES string of the molecule is O=C(O)[C@@H]1CC2(CCN(C(=O)c3ccc4c(c3)OCO4)CC2)CN1. The molecule has 0 unspecified atom stereocenters. The Hall–Kier alpha value is -2.28. The molecule has 0 saturated carbocycles. The van der Waals surface area contributed by atoms with E-state index in [0.717, 1.165) is 19.4 Å². The number of carbonyl (C=O) groups is 2. The minimum atomic E-state index is -0.786. The number of rotatable bonds is 2. The van der Waals surface area contributed by atoms with Gasteiger partial charge in [-0.05, 0) is 42.9 Å². The molecule has 128 valence electrons. The van der Waals surface area contributed by atoms with Crippen LogP contribution >= 0.6 is 0 Å². The van der Waals surface area contributed by atoms with Crippen LogP contribution in [0.4, 0.5) is 0 Å². The molecule has 0 bridgehead atoms. The summed E-state index contributed by atoms with van der Waals surface area (Å²) < 4.78 is 10.6. The lowest BCUT2D eigenvalue weighted by Gasteiger charge is -2.39. The molecule has 1 aromatic carbocycles. The Kier molecular flexibility index (Phi) is 3.60. The van der Waals surface area contributed by atoms with Crippen molar-refractivity contribution in [2.75, 3.05) is 26.4 Å². The Morgan fingerprint density at radius 2 is 1.96 bits per heavy atom. The first-order valence-corrected chi connectivity index (χ1v) is 8.21. The highest BCUT2D eigenvalue weighted by molar-refractivity contribution is 5.95. The Bertz CT molecular complexity index is 682. The topological polar surface area (TPSA) is 88.1 Å². The third kappa shape index (κ3) is 2.58. The second kappa shape index (κ2) is 5.66. The maximum Gasteiger partial charge on any atom is 0.320 e. The molecule has 0 radical (unpaired) electrons. The Labute approximate surface area is 139 Å². The molecule has 1 amide bonds. The van der Waals surface area contributed by atoms with E-state index in [4.69, 9.17) is 14.6 Å². The van der Waals surface area contributed by atoms with Crippen molar-refractivity contribution in [2.45, 2.75) is 25.3 Å². The van der Waals surface area contributed by atoms with Gasteiger partial charge in [0.15, 0.2) is 11.5 Å². The number of aliphatic carboxylic acids is 1. The van der Waals surface area contributed by atoms with Gasteiger partial charge in [-0.1, -0.05) is 0 Å². The van der Waals surface area contributed by atoms with Crippen LogP contribution in [0.15, 0.2) is 18.2 Å². The summed E-state index contributed by atoms with van der Waals surface area (Å²) in [5.41, 5.74) is 0.609. The maximum absolute atomic E-state index is 12.7. The molecule has 3 aliphatic heterocycles. The van der Waals surface area contributed by atoms with E-state index in [1.165, 1.54) is 0 Å². The zero-order chi connectivity index (χ0) is 16.7. The maximum atomic E-state index is 12.7. The molecule has 1 spiro atoms. The number of carboxylic acid groups (broad SMARTS) is 1. The van der Waals surface area contributed by atoms with E-state index in [2.05, 4.69) is 5.32 Å². The van der Waals surface area contributed by atoms with E-state index in [-0.39, 0.29) is 18.1 Å². The van der Waals surface area contributed by atoms with Crippen molar-refractivity contribution >= 4 is 11.9 Å². The molecule has 2 N–H and O–H groups in total. The first kappa shape index (κ1) is 15.3. The van der Waals surface area contributed by atoms with Crippen molar-refractivity contribution < 1.29 is 24.2 Å². The van der Waals surface area contributed by atoms with Gasteiger partial charge in [0.05, 0.1) is 0 Å². The normalized spacial score (nSPS) is 24.3. The number of piperidine rings is 1. The van der Waals surface area contributed by atoms with Crippen LogP contribution in [0.2, 0.25) is 0 Å². The van der Waals surface area contributed by atoms with Crippen LogP contribution < -0.4 is 14.8 Å². The molecule has 3 heterocycles. The van der Waals surface area contributed by atoms with Crippen LogP contribution in [-0.2, 0) is 4.79 Å². The van der Waals surface area contributed by atoms with Gasteiger partial charge in [-0.2, -0.15) is 0 Å². The molecule has 0 aliphatic carbocycles. The van der Waals surface area contributed by atoms with E-state index >= 15 is 0 Å². The van der Waals surface area contributed by atoms with Gasteiger partial charge in [-0.25, -0.2) is 0 Å². The van der Waals surface area contributed by atoms with Crippen molar-refractivity contribution in [1.29, 1.82) is 0 Å². The Morgan fingerprint density at radius 1 is 1.21 bits per heavy atom. The highest BCUT2D eigenvalue weighted by Crippen LogP contribution is 2.40. The molecule has 1 atom stereocenters. The van der Waals surface area contributed by atoms with Crippen LogP contribution in [0.5, 0.6) is 11.5 Å². The number of fused-ring (bicyclic) bond motifs is 1. The van der Waals surface area contributed by atoms with Crippen LogP contribution in [0, 0.1) is 5.41 Å². The number of hydrogen-bond acceptors (Lipinski definition) is 5. The lowest BCUT2D eigenvalue weighted by Crippen LogP contribution is -2.44. The molecule has 2 saturated heterocycles. The molecule has 2 fully saturated rings. The van der Waals surface area contributed by atoms with E-state index in [1.54, 1.807) is 18.2 Å². The van der Waals surface area contributed by atoms with Crippen LogP contribution in [0.25, 0.3) is 0 Å². The second-order valence-electron chi connectivity index (χ2n) is 6.84. The van der Waals surface area contributed by atoms with Crippen molar-refractivity contribution in [3.63, 3.8) is 0 Å². The summed E-state index contributed by atoms with van der Waals surface area (Å²) in [5.74, 6) is 0.481. The highest BCUT2D eigenvalue weighted by Gasteiger charge is 2.44. The number of carboxylic acids is 1. The summed E-state index contributed by atoms with van der Waals surface area (Å²) >= 11 is 0. The van der Waals surface area contributed by atoms with Gasteiger partial charge in [-0.15, -0.1) is 0 Å². The standard InChI is InChI=1S/C17H20N2O5/c20-15(11-1-2-13-14(7-11)24-10-23-13)19-5-3-17(4-6-19)8-12(16(21)22)18-9-17/h1-2,7,12,18H,3-6,8-10H2,(H,21,22)/t12-/m0/s1. The number of hydrogen-bond donors (Lipinski definition) is 2. The third-order valence-electron chi connectivity index (χ3n) is 5.39. The monoisotopic (exact) mass is 332 g/mol. The molecule has 4 rings (SSSR count). The van der Waals surface area contributed by atoms with Crippen molar-refractivity contribution in [3.05, 3.63) is 23.8 Å². The molecule has 7 heteroatoms. The Balaban J connectivity index is 1.41. The minimum Gasteiger partial charge on any atom is -0.480 e. The predicted molar refractivity (Wildman–Crippen MR) is 84.2 cm³/mol. The largest absolute Gasteiger partial charge is 0.480 e. The number of carbonyl (C=O) groups excluding carboxylic acids is 1. The van der Waals surface area contributed by atoms with E-state index < -0.39 is 12.0 Å². The van der Waals surface area contributed by atoms with E-state index in [1.807, 2.05) is 4.90 Å². The van der Waals surface area contributed by atoms with Crippen molar-refractivity contribution in [1.82, 2.24) is 10.2 Å². The van der Waals surface area contributed by atoms with Crippen LogP contribution in [0.1, 0.15) is 29.6 Å². The molecular formula is C17H20N2O5. The number of ether oxygens (including phenoxy) is 2. The fourth-order valence-corrected chi connectivity index (χ4v) is 3.87. The lowest BCUT2D eigenvalue weighted by atomic mass is 9.76. The number of benzene rings is 1. The molecule has 3 aliphatic rings. The summed E-state index contributed by atoms with van der Waals surface area (Å²) in [7, 11) is 0. The summed E-state index contributed by atoms with van der Waals surface area (Å²) in [5, 5.41) is 12.2. The second-order valence-corrected chi connectivity index (χ2v) is 6.84. The molecule has 7 nitrogen and oxygen atoms in total. The van der Waals surface area contributed by atoms with Crippen LogP contribution in [0.3, 0.4) is 0 Å². The van der Waals surface area contributed by atoms with Crippen molar-refractivity contribution in [3.8, 4) is 11.5 Å². The van der Waals surface area contributed by atoms with Crippen LogP contribution in [-0.4, -0.2) is 54.4 Å². The van der Waals surface area contributed by atoms with Gasteiger partial charge in [0.2, 0.25) is 6.79 Å². The molecule has 0 aromatic heterocycles. The summed E-state index contributed by atoms with van der Waals surface area (Å²) in [6, 6.07) is 4.80. The number of nitrogens with one attached hydrogen (secondary N) is 1. The minimum absolute atomic E-state index is 0.00865. The third-order valence-corrected chi connectivity index (χ3v) is 5.39. The smallest absolute Gasteiger partial charge is 0.320 e. The fourth-order valence-electron chi connectivity index (χ4n) is 3.87. The average molecular weight is 332 g/mol. The zero-order valence-corrected chi connectivity index (χ0v) is 13.3. The van der Waals surface area contributed by atoms with Crippen molar-refractivity contribution in [2.24, 2.45) is 5.41 Å². The first-order chi connectivity index (χ1) is 11.6. The van der Waals surface area contributed by atoms with Gasteiger partial charge in [0.1, 0.15) is 6.04 Å². The molecule has 24 heavy (non-hydrogen) atoms. The average Bonchev–Trinajstić information content (AvgIpc) is 3.21. The summed E-state index contributed by atoms with van der Waals surface area (Å²) in [6.45, 7) is 2.22. The zero-order valence-electron chi connectivity index (χ0n) is 13.3. The summed E-state index contributed by atoms with van der Waals surface area (Å²) in [4.78, 5) is 25.7. The number of likely N-dealkylation sites (tertiary alicyclic amines) is 1. The van der Waals surface area contributed by atoms with Gasteiger partial charge in [-0.3, -0.25) is 9.59 Å². The predicted octanol–water partition coefficient (Wildman–Crippen LogP) is 1.08. The van der Waals surface area contributed by atoms with E-state index in [9.17, 15) is 9.59 Å². The molecule has 1 aromatic rings. The van der Waals surface area contributed by atoms with Gasteiger partial charge in [0, 0.05) is 25.2 Å². The van der Waals surface area contributed by atoms with Gasteiger partial charge in [0.25, 0.3) is 5.91 Å². The lowest BCUT2D eigenvalue weighted by molar-refractivity contribution is -0.139. The summed E-state index contributed by atoms with van der Waals surface area (Å²) in [6.07, 6.45) is 2.31. The van der Waals surface area contributed by atoms with E-state index in [0.29, 0.717) is 36.6 Å². The fraction of sp³-hybridized carbons (Fsp3) is 0.529. The highest BCUT2D eigenvalue weighted by atomic mass is 16.7. The Morgan fingerprint density at radius 3 is 2.67 bits per heavy atom.